The molecule has 140 valence electrons. The predicted molar refractivity (Wildman–Crippen MR) is 95.4 cm³/mol. The minimum absolute atomic E-state index is 0.161. The average molecular weight is 359 g/mol. The molecule has 3 rings (SSSR count). The van der Waals surface area contributed by atoms with Gasteiger partial charge in [-0.25, -0.2) is 9.59 Å². The summed E-state index contributed by atoms with van der Waals surface area (Å²) < 4.78 is 0. The molecule has 8 nitrogen and oxygen atoms in total. The molecule has 5 amide bonds. The highest BCUT2D eigenvalue weighted by atomic mass is 16.2. The van der Waals surface area contributed by atoms with Crippen molar-refractivity contribution in [1.82, 2.24) is 25.0 Å². The lowest BCUT2D eigenvalue weighted by Crippen LogP contribution is -2.57. The summed E-state index contributed by atoms with van der Waals surface area (Å²) in [6.07, 6.45) is 2.68. The van der Waals surface area contributed by atoms with E-state index in [1.807, 2.05) is 19.9 Å². The molecule has 0 unspecified atom stereocenters. The van der Waals surface area contributed by atoms with Crippen molar-refractivity contribution in [3.8, 4) is 0 Å². The van der Waals surface area contributed by atoms with Crippen molar-refractivity contribution in [2.45, 2.75) is 38.8 Å². The third-order valence-electron chi connectivity index (χ3n) is 5.64. The van der Waals surface area contributed by atoms with Crippen molar-refractivity contribution in [2.24, 2.45) is 0 Å². The molecule has 1 aromatic heterocycles. The molecule has 0 atom stereocenters. The number of likely N-dealkylation sites (N-methyl/N-ethyl adjacent to an activating group) is 2. The first-order chi connectivity index (χ1) is 12.3. The van der Waals surface area contributed by atoms with Crippen LogP contribution in [0.15, 0.2) is 12.3 Å². The molecule has 26 heavy (non-hydrogen) atoms. The SMILES string of the molecule is Cc1cc(CNC(=O)N2CCC3(CC2)C(=O)N(C)C(=O)N3C)cnc1C. The van der Waals surface area contributed by atoms with Crippen molar-refractivity contribution in [3.05, 3.63) is 29.1 Å². The first-order valence-corrected chi connectivity index (χ1v) is 8.77. The van der Waals surface area contributed by atoms with Crippen LogP contribution in [0.25, 0.3) is 0 Å². The van der Waals surface area contributed by atoms with E-state index in [1.54, 1.807) is 18.1 Å². The number of nitrogens with zero attached hydrogens (tertiary/aromatic N) is 4. The first kappa shape index (κ1) is 18.2. The molecule has 0 radical (unpaired) electrons. The van der Waals surface area contributed by atoms with Gasteiger partial charge in [0.15, 0.2) is 0 Å². The van der Waals surface area contributed by atoms with Crippen LogP contribution in [0.4, 0.5) is 9.59 Å². The summed E-state index contributed by atoms with van der Waals surface area (Å²) in [5.41, 5.74) is 2.22. The third-order valence-corrected chi connectivity index (χ3v) is 5.64. The van der Waals surface area contributed by atoms with E-state index in [0.717, 1.165) is 16.8 Å². The second kappa shape index (κ2) is 6.59. The fourth-order valence-corrected chi connectivity index (χ4v) is 3.67. The molecule has 2 aliphatic rings. The molecule has 0 saturated carbocycles. The number of carbonyl (C=O) groups is 3. The highest BCUT2D eigenvalue weighted by Gasteiger charge is 2.55. The number of urea groups is 2. The highest BCUT2D eigenvalue weighted by Crippen LogP contribution is 2.35. The number of likely N-dealkylation sites (tertiary alicyclic amines) is 1. The summed E-state index contributed by atoms with van der Waals surface area (Å²) >= 11 is 0. The Morgan fingerprint density at radius 3 is 2.42 bits per heavy atom. The van der Waals surface area contributed by atoms with E-state index in [2.05, 4.69) is 10.3 Å². The lowest BCUT2D eigenvalue weighted by atomic mass is 9.86. The number of hydrogen-bond donors (Lipinski definition) is 1. The van der Waals surface area contributed by atoms with E-state index in [-0.39, 0.29) is 18.0 Å². The summed E-state index contributed by atoms with van der Waals surface area (Å²) in [7, 11) is 3.17. The van der Waals surface area contributed by atoms with Crippen molar-refractivity contribution in [3.63, 3.8) is 0 Å². The largest absolute Gasteiger partial charge is 0.334 e. The van der Waals surface area contributed by atoms with Gasteiger partial charge < -0.3 is 15.1 Å². The van der Waals surface area contributed by atoms with Gasteiger partial charge in [-0.2, -0.15) is 0 Å². The fraction of sp³-hybridized carbons (Fsp3) is 0.556. The lowest BCUT2D eigenvalue weighted by molar-refractivity contribution is -0.134. The molecule has 1 aromatic rings. The van der Waals surface area contributed by atoms with Crippen LogP contribution in [0.1, 0.15) is 29.7 Å². The molecule has 8 heteroatoms. The number of hydrogen-bond acceptors (Lipinski definition) is 4. The van der Waals surface area contributed by atoms with Gasteiger partial charge in [-0.1, -0.05) is 6.07 Å². The van der Waals surface area contributed by atoms with Crippen LogP contribution in [0.3, 0.4) is 0 Å². The standard InChI is InChI=1S/C18H25N5O3/c1-12-9-14(10-19-13(12)2)11-20-16(25)23-7-5-18(6-8-23)15(24)21(3)17(26)22(18)4/h9-10H,5-8,11H2,1-4H3,(H,20,25). The van der Waals surface area contributed by atoms with Gasteiger partial charge in [-0.3, -0.25) is 14.7 Å². The van der Waals surface area contributed by atoms with Crippen molar-refractivity contribution in [2.75, 3.05) is 27.2 Å². The quantitative estimate of drug-likeness (QED) is 0.806. The van der Waals surface area contributed by atoms with Crippen LogP contribution in [-0.2, 0) is 11.3 Å². The number of aromatic nitrogens is 1. The molecule has 0 aliphatic carbocycles. The van der Waals surface area contributed by atoms with Crippen LogP contribution in [0.5, 0.6) is 0 Å². The average Bonchev–Trinajstić information content (AvgIpc) is 2.79. The van der Waals surface area contributed by atoms with Crippen LogP contribution < -0.4 is 5.32 Å². The highest BCUT2D eigenvalue weighted by molar-refractivity contribution is 6.06. The molecule has 2 saturated heterocycles. The van der Waals surface area contributed by atoms with E-state index < -0.39 is 5.54 Å². The van der Waals surface area contributed by atoms with Crippen LogP contribution in [-0.4, -0.2) is 70.4 Å². The van der Waals surface area contributed by atoms with E-state index in [0.29, 0.717) is 32.5 Å². The Hall–Kier alpha value is -2.64. The Bertz CT molecular complexity index is 755. The maximum absolute atomic E-state index is 12.5. The predicted octanol–water partition coefficient (Wildman–Crippen LogP) is 1.27. The number of aryl methyl sites for hydroxylation is 2. The molecular formula is C18H25N5O3. The zero-order chi connectivity index (χ0) is 19.1. The molecular weight excluding hydrogens is 334 g/mol. The van der Waals surface area contributed by atoms with Gasteiger partial charge in [-0.05, 0) is 37.8 Å². The monoisotopic (exact) mass is 359 g/mol. The summed E-state index contributed by atoms with van der Waals surface area (Å²) in [4.78, 5) is 45.7. The van der Waals surface area contributed by atoms with Crippen LogP contribution in [0, 0.1) is 13.8 Å². The van der Waals surface area contributed by atoms with Gasteiger partial charge in [0, 0.05) is 45.6 Å². The maximum atomic E-state index is 12.5. The molecule has 2 fully saturated rings. The Kier molecular flexibility index (Phi) is 4.60. The number of piperidine rings is 1. The third kappa shape index (κ3) is 2.89. The van der Waals surface area contributed by atoms with Crippen molar-refractivity contribution in [1.29, 1.82) is 0 Å². The number of rotatable bonds is 2. The Morgan fingerprint density at radius 1 is 1.23 bits per heavy atom. The van der Waals surface area contributed by atoms with Gasteiger partial charge in [0.2, 0.25) is 0 Å². The second-order valence-electron chi connectivity index (χ2n) is 7.13. The fourth-order valence-electron chi connectivity index (χ4n) is 3.67. The van der Waals surface area contributed by atoms with Gasteiger partial charge in [0.25, 0.3) is 5.91 Å². The van der Waals surface area contributed by atoms with E-state index >= 15 is 0 Å². The van der Waals surface area contributed by atoms with Crippen LogP contribution in [0.2, 0.25) is 0 Å². The number of nitrogens with one attached hydrogen (secondary N) is 1. The summed E-state index contributed by atoms with van der Waals surface area (Å²) in [5.74, 6) is -0.175. The Balaban J connectivity index is 1.58. The molecule has 1 N–H and O–H groups in total. The minimum atomic E-state index is -0.805. The normalized spacial score (nSPS) is 19.5. The topological polar surface area (TPSA) is 85.8 Å². The molecule has 3 heterocycles. The Morgan fingerprint density at radius 2 is 1.88 bits per heavy atom. The van der Waals surface area contributed by atoms with Crippen LogP contribution >= 0.6 is 0 Å². The van der Waals surface area contributed by atoms with Gasteiger partial charge >= 0.3 is 12.1 Å². The van der Waals surface area contributed by atoms with Crippen molar-refractivity contribution >= 4 is 18.0 Å². The zero-order valence-electron chi connectivity index (χ0n) is 15.7. The lowest BCUT2D eigenvalue weighted by Gasteiger charge is -2.40. The molecule has 1 spiro atoms. The molecule has 0 aromatic carbocycles. The summed E-state index contributed by atoms with van der Waals surface area (Å²) in [5, 5.41) is 2.91. The maximum Gasteiger partial charge on any atom is 0.327 e. The van der Waals surface area contributed by atoms with Gasteiger partial charge in [0.05, 0.1) is 0 Å². The summed E-state index contributed by atoms with van der Waals surface area (Å²) in [6.45, 7) is 5.23. The number of pyridine rings is 1. The zero-order valence-corrected chi connectivity index (χ0v) is 15.7. The minimum Gasteiger partial charge on any atom is -0.334 e. The Labute approximate surface area is 153 Å². The second-order valence-corrected chi connectivity index (χ2v) is 7.13. The number of imide groups is 1. The van der Waals surface area contributed by atoms with E-state index in [1.165, 1.54) is 16.8 Å². The van der Waals surface area contributed by atoms with E-state index in [4.69, 9.17) is 0 Å². The summed E-state index contributed by atoms with van der Waals surface area (Å²) in [6, 6.07) is 1.57. The first-order valence-electron chi connectivity index (χ1n) is 8.77. The van der Waals surface area contributed by atoms with Crippen molar-refractivity contribution < 1.29 is 14.4 Å². The van der Waals surface area contributed by atoms with E-state index in [9.17, 15) is 14.4 Å². The number of carbonyl (C=O) groups excluding carboxylic acids is 3. The van der Waals surface area contributed by atoms with Gasteiger partial charge in [-0.15, -0.1) is 0 Å². The molecule has 2 aliphatic heterocycles. The number of amides is 5. The van der Waals surface area contributed by atoms with Gasteiger partial charge in [0.1, 0.15) is 5.54 Å². The molecule has 0 bridgehead atoms. The smallest absolute Gasteiger partial charge is 0.327 e.